The summed E-state index contributed by atoms with van der Waals surface area (Å²) < 4.78 is 0. The average molecular weight is 267 g/mol. The van der Waals surface area contributed by atoms with Gasteiger partial charge in [-0.3, -0.25) is 4.79 Å². The Morgan fingerprint density at radius 1 is 1.33 bits per heavy atom. The number of hydrogen-bond acceptors (Lipinski definition) is 3. The summed E-state index contributed by atoms with van der Waals surface area (Å²) in [5, 5.41) is 11.6. The van der Waals surface area contributed by atoms with E-state index in [-0.39, 0.29) is 18.2 Å². The van der Waals surface area contributed by atoms with Gasteiger partial charge in [0.25, 0.3) is 0 Å². The first-order valence-electron chi connectivity index (χ1n) is 5.72. The number of carbonyl (C=O) groups excluding carboxylic acids is 1. The molecule has 2 N–H and O–H groups in total. The highest BCUT2D eigenvalue weighted by Gasteiger charge is 2.22. The summed E-state index contributed by atoms with van der Waals surface area (Å²) in [5.41, 5.74) is 0.878. The molecule has 98 valence electrons. The van der Waals surface area contributed by atoms with Gasteiger partial charge in [0.1, 0.15) is 6.04 Å². The zero-order valence-electron chi connectivity index (χ0n) is 10.2. The SMILES string of the molecule is C[C@H](CS)C(=O)N[C@@H](Cc1ccccc1)C(=O)O. The average Bonchev–Trinajstić information content (AvgIpc) is 2.37. The minimum Gasteiger partial charge on any atom is -0.480 e. The van der Waals surface area contributed by atoms with Crippen molar-refractivity contribution in [3.8, 4) is 0 Å². The summed E-state index contributed by atoms with van der Waals surface area (Å²) in [6.07, 6.45) is 0.279. The van der Waals surface area contributed by atoms with Crippen LogP contribution in [-0.2, 0) is 16.0 Å². The van der Waals surface area contributed by atoms with Crippen LogP contribution in [0, 0.1) is 5.92 Å². The summed E-state index contributed by atoms with van der Waals surface area (Å²) in [6.45, 7) is 1.71. The number of thiol groups is 1. The second-order valence-electron chi connectivity index (χ2n) is 4.17. The van der Waals surface area contributed by atoms with Crippen molar-refractivity contribution in [2.45, 2.75) is 19.4 Å². The number of aliphatic carboxylic acids is 1. The first-order valence-corrected chi connectivity index (χ1v) is 6.35. The van der Waals surface area contributed by atoms with E-state index in [1.807, 2.05) is 30.3 Å². The molecule has 0 aliphatic rings. The molecule has 0 heterocycles. The van der Waals surface area contributed by atoms with Gasteiger partial charge < -0.3 is 10.4 Å². The van der Waals surface area contributed by atoms with Crippen LogP contribution in [0.5, 0.6) is 0 Å². The van der Waals surface area contributed by atoms with Crippen LogP contribution in [0.3, 0.4) is 0 Å². The molecule has 0 aromatic heterocycles. The molecular weight excluding hydrogens is 250 g/mol. The van der Waals surface area contributed by atoms with Crippen LogP contribution >= 0.6 is 12.6 Å². The summed E-state index contributed by atoms with van der Waals surface area (Å²) in [5.74, 6) is -1.22. The van der Waals surface area contributed by atoms with E-state index in [1.165, 1.54) is 0 Å². The lowest BCUT2D eigenvalue weighted by Crippen LogP contribution is -2.44. The number of rotatable bonds is 6. The molecule has 4 nitrogen and oxygen atoms in total. The molecule has 0 radical (unpaired) electrons. The van der Waals surface area contributed by atoms with Gasteiger partial charge in [-0.1, -0.05) is 37.3 Å². The van der Waals surface area contributed by atoms with E-state index in [0.717, 1.165) is 5.56 Å². The molecule has 1 aromatic carbocycles. The first-order chi connectivity index (χ1) is 8.54. The van der Waals surface area contributed by atoms with Gasteiger partial charge in [0.15, 0.2) is 0 Å². The molecule has 1 rings (SSSR count). The Morgan fingerprint density at radius 2 is 1.94 bits per heavy atom. The fourth-order valence-corrected chi connectivity index (χ4v) is 1.61. The van der Waals surface area contributed by atoms with Gasteiger partial charge in [-0.25, -0.2) is 4.79 Å². The second kappa shape index (κ2) is 7.06. The molecule has 2 atom stereocenters. The molecule has 5 heteroatoms. The molecule has 0 unspecified atom stereocenters. The van der Waals surface area contributed by atoms with E-state index in [4.69, 9.17) is 5.11 Å². The third-order valence-electron chi connectivity index (χ3n) is 2.62. The zero-order chi connectivity index (χ0) is 13.5. The lowest BCUT2D eigenvalue weighted by atomic mass is 10.1. The van der Waals surface area contributed by atoms with Gasteiger partial charge in [0.2, 0.25) is 5.91 Å². The second-order valence-corrected chi connectivity index (χ2v) is 4.54. The van der Waals surface area contributed by atoms with E-state index in [1.54, 1.807) is 6.92 Å². The Labute approximate surface area is 112 Å². The minimum absolute atomic E-state index is 0.279. The van der Waals surface area contributed by atoms with Crippen LogP contribution < -0.4 is 5.32 Å². The van der Waals surface area contributed by atoms with Gasteiger partial charge in [-0.2, -0.15) is 12.6 Å². The predicted octanol–water partition coefficient (Wildman–Crippen LogP) is 1.36. The Kier molecular flexibility index (Phi) is 5.71. The zero-order valence-corrected chi connectivity index (χ0v) is 11.1. The summed E-state index contributed by atoms with van der Waals surface area (Å²) in [6, 6.07) is 8.32. The number of hydrogen-bond donors (Lipinski definition) is 3. The molecule has 0 spiro atoms. The van der Waals surface area contributed by atoms with Crippen molar-refractivity contribution in [2.24, 2.45) is 5.92 Å². The van der Waals surface area contributed by atoms with E-state index >= 15 is 0 Å². The number of carboxylic acid groups (broad SMARTS) is 1. The maximum Gasteiger partial charge on any atom is 0.326 e. The fourth-order valence-electron chi connectivity index (χ4n) is 1.45. The van der Waals surface area contributed by atoms with Crippen molar-refractivity contribution in [3.63, 3.8) is 0 Å². The Balaban J connectivity index is 2.67. The predicted molar refractivity (Wildman–Crippen MR) is 72.7 cm³/mol. The number of benzene rings is 1. The highest BCUT2D eigenvalue weighted by Crippen LogP contribution is 2.05. The lowest BCUT2D eigenvalue weighted by molar-refractivity contribution is -0.142. The molecule has 0 aliphatic heterocycles. The third kappa shape index (κ3) is 4.41. The first kappa shape index (κ1) is 14.6. The molecule has 18 heavy (non-hydrogen) atoms. The highest BCUT2D eigenvalue weighted by atomic mass is 32.1. The number of amides is 1. The van der Waals surface area contributed by atoms with Crippen LogP contribution in [0.2, 0.25) is 0 Å². The van der Waals surface area contributed by atoms with Gasteiger partial charge in [0.05, 0.1) is 0 Å². The fraction of sp³-hybridized carbons (Fsp3) is 0.385. The summed E-state index contributed by atoms with van der Waals surface area (Å²) in [4.78, 5) is 22.8. The maximum absolute atomic E-state index is 11.7. The van der Waals surface area contributed by atoms with Crippen molar-refractivity contribution < 1.29 is 14.7 Å². The van der Waals surface area contributed by atoms with Crippen molar-refractivity contribution in [1.29, 1.82) is 0 Å². The van der Waals surface area contributed by atoms with Crippen molar-refractivity contribution in [3.05, 3.63) is 35.9 Å². The number of carboxylic acids is 1. The maximum atomic E-state index is 11.7. The molecular formula is C13H17NO3S. The Hall–Kier alpha value is -1.49. The lowest BCUT2D eigenvalue weighted by Gasteiger charge is -2.17. The van der Waals surface area contributed by atoms with Crippen LogP contribution in [0.1, 0.15) is 12.5 Å². The third-order valence-corrected chi connectivity index (χ3v) is 3.17. The van der Waals surface area contributed by atoms with Crippen LogP contribution in [0.4, 0.5) is 0 Å². The molecule has 0 saturated carbocycles. The van der Waals surface area contributed by atoms with E-state index in [0.29, 0.717) is 5.75 Å². The van der Waals surface area contributed by atoms with Crippen LogP contribution in [0.15, 0.2) is 30.3 Å². The summed E-state index contributed by atoms with van der Waals surface area (Å²) >= 11 is 4.02. The molecule has 0 fully saturated rings. The van der Waals surface area contributed by atoms with E-state index in [2.05, 4.69) is 17.9 Å². The van der Waals surface area contributed by atoms with Crippen LogP contribution in [-0.4, -0.2) is 28.8 Å². The molecule has 1 aromatic rings. The number of nitrogens with one attached hydrogen (secondary N) is 1. The van der Waals surface area contributed by atoms with E-state index in [9.17, 15) is 9.59 Å². The van der Waals surface area contributed by atoms with Crippen molar-refractivity contribution in [2.75, 3.05) is 5.75 Å². The topological polar surface area (TPSA) is 66.4 Å². The van der Waals surface area contributed by atoms with Gasteiger partial charge in [-0.15, -0.1) is 0 Å². The largest absolute Gasteiger partial charge is 0.480 e. The Morgan fingerprint density at radius 3 is 2.44 bits per heavy atom. The van der Waals surface area contributed by atoms with Gasteiger partial charge in [-0.05, 0) is 5.56 Å². The standard InChI is InChI=1S/C13H17NO3S/c1-9(8-18)12(15)14-11(13(16)17)7-10-5-3-2-4-6-10/h2-6,9,11,18H,7-8H2,1H3,(H,14,15)(H,16,17)/t9-,11+/m1/s1. The minimum atomic E-state index is -1.03. The normalized spacial score (nSPS) is 13.7. The summed E-state index contributed by atoms with van der Waals surface area (Å²) in [7, 11) is 0. The number of carbonyl (C=O) groups is 2. The monoisotopic (exact) mass is 267 g/mol. The molecule has 0 saturated heterocycles. The molecule has 1 amide bonds. The van der Waals surface area contributed by atoms with Gasteiger partial charge in [0, 0.05) is 18.1 Å². The smallest absolute Gasteiger partial charge is 0.326 e. The highest BCUT2D eigenvalue weighted by molar-refractivity contribution is 7.80. The molecule has 0 aliphatic carbocycles. The van der Waals surface area contributed by atoms with Crippen molar-refractivity contribution >= 4 is 24.5 Å². The quantitative estimate of drug-likeness (QED) is 0.682. The van der Waals surface area contributed by atoms with Crippen LogP contribution in [0.25, 0.3) is 0 Å². The Bertz CT molecular complexity index is 408. The van der Waals surface area contributed by atoms with Crippen molar-refractivity contribution in [1.82, 2.24) is 5.32 Å². The van der Waals surface area contributed by atoms with Gasteiger partial charge >= 0.3 is 5.97 Å². The molecule has 0 bridgehead atoms. The van der Waals surface area contributed by atoms with E-state index < -0.39 is 12.0 Å².